The molecule has 110 valence electrons. The topological polar surface area (TPSA) is 88.8 Å². The van der Waals surface area contributed by atoms with E-state index in [2.05, 4.69) is 5.32 Å². The number of furan rings is 1. The molecule has 6 heteroatoms. The zero-order chi connectivity index (χ0) is 15.2. The largest absolute Gasteiger partial charge is 0.508 e. The van der Waals surface area contributed by atoms with Crippen LogP contribution in [0.5, 0.6) is 5.75 Å². The smallest absolute Gasteiger partial charge is 0.338 e. The van der Waals surface area contributed by atoms with E-state index in [1.54, 1.807) is 19.1 Å². The summed E-state index contributed by atoms with van der Waals surface area (Å²) in [6, 6.07) is 8.87. The van der Waals surface area contributed by atoms with Crippen molar-refractivity contribution in [2.24, 2.45) is 0 Å². The highest BCUT2D eigenvalue weighted by Crippen LogP contribution is 2.13. The SMILES string of the molecule is C[C@H](NC(=O)COC(=O)c1cccc(O)c1)c1ccco1. The van der Waals surface area contributed by atoms with E-state index in [1.807, 2.05) is 0 Å². The lowest BCUT2D eigenvalue weighted by Gasteiger charge is -2.11. The van der Waals surface area contributed by atoms with Crippen molar-refractivity contribution in [3.8, 4) is 5.75 Å². The Hall–Kier alpha value is -2.76. The number of esters is 1. The monoisotopic (exact) mass is 289 g/mol. The predicted octanol–water partition coefficient (Wildman–Crippen LogP) is 2.02. The van der Waals surface area contributed by atoms with Crippen LogP contribution in [0.2, 0.25) is 0 Å². The van der Waals surface area contributed by atoms with Crippen molar-refractivity contribution >= 4 is 11.9 Å². The van der Waals surface area contributed by atoms with E-state index < -0.39 is 18.5 Å². The molecule has 0 aliphatic heterocycles. The average Bonchev–Trinajstić information content (AvgIpc) is 2.99. The van der Waals surface area contributed by atoms with Gasteiger partial charge in [0.25, 0.3) is 5.91 Å². The van der Waals surface area contributed by atoms with Crippen molar-refractivity contribution in [1.82, 2.24) is 5.32 Å². The second kappa shape index (κ2) is 6.60. The summed E-state index contributed by atoms with van der Waals surface area (Å²) in [5.41, 5.74) is 0.182. The number of carbonyl (C=O) groups excluding carboxylic acids is 2. The van der Waals surface area contributed by atoms with Gasteiger partial charge in [-0.25, -0.2) is 4.79 Å². The molecule has 0 unspecified atom stereocenters. The van der Waals surface area contributed by atoms with Crippen LogP contribution < -0.4 is 5.32 Å². The summed E-state index contributed by atoms with van der Waals surface area (Å²) < 4.78 is 10.0. The molecule has 0 aliphatic carbocycles. The Balaban J connectivity index is 1.82. The lowest BCUT2D eigenvalue weighted by molar-refractivity contribution is -0.125. The minimum Gasteiger partial charge on any atom is -0.508 e. The first-order chi connectivity index (χ1) is 10.1. The van der Waals surface area contributed by atoms with Gasteiger partial charge < -0.3 is 19.6 Å². The van der Waals surface area contributed by atoms with Gasteiger partial charge in [-0.05, 0) is 37.3 Å². The van der Waals surface area contributed by atoms with E-state index in [9.17, 15) is 14.7 Å². The lowest BCUT2D eigenvalue weighted by Crippen LogP contribution is -2.30. The van der Waals surface area contributed by atoms with Gasteiger partial charge in [-0.2, -0.15) is 0 Å². The van der Waals surface area contributed by atoms with Crippen molar-refractivity contribution in [2.45, 2.75) is 13.0 Å². The molecule has 1 heterocycles. The average molecular weight is 289 g/mol. The van der Waals surface area contributed by atoms with Crippen LogP contribution in [0.1, 0.15) is 29.1 Å². The van der Waals surface area contributed by atoms with E-state index in [0.717, 1.165) is 0 Å². The molecule has 1 atom stereocenters. The Morgan fingerprint density at radius 3 is 2.81 bits per heavy atom. The molecule has 21 heavy (non-hydrogen) atoms. The quantitative estimate of drug-likeness (QED) is 0.822. The maximum atomic E-state index is 11.7. The minimum absolute atomic E-state index is 0.0413. The van der Waals surface area contributed by atoms with Gasteiger partial charge in [-0.3, -0.25) is 4.79 Å². The van der Waals surface area contributed by atoms with Gasteiger partial charge in [0.15, 0.2) is 6.61 Å². The number of hydrogen-bond donors (Lipinski definition) is 2. The Morgan fingerprint density at radius 2 is 2.14 bits per heavy atom. The molecule has 2 aromatic rings. The summed E-state index contributed by atoms with van der Waals surface area (Å²) in [5, 5.41) is 11.9. The van der Waals surface area contributed by atoms with E-state index in [1.165, 1.54) is 30.5 Å². The third kappa shape index (κ3) is 4.10. The van der Waals surface area contributed by atoms with Crippen LogP contribution in [0, 0.1) is 0 Å². The van der Waals surface area contributed by atoms with Crippen LogP contribution in [0.15, 0.2) is 47.1 Å². The molecule has 0 aliphatic rings. The van der Waals surface area contributed by atoms with Gasteiger partial charge in [-0.1, -0.05) is 6.07 Å². The summed E-state index contributed by atoms with van der Waals surface area (Å²) in [6.45, 7) is 1.35. The zero-order valence-electron chi connectivity index (χ0n) is 11.4. The first-order valence-electron chi connectivity index (χ1n) is 6.35. The van der Waals surface area contributed by atoms with Gasteiger partial charge in [0.1, 0.15) is 11.5 Å². The van der Waals surface area contributed by atoms with Gasteiger partial charge in [-0.15, -0.1) is 0 Å². The van der Waals surface area contributed by atoms with Crippen LogP contribution in [-0.2, 0) is 9.53 Å². The lowest BCUT2D eigenvalue weighted by atomic mass is 10.2. The highest BCUT2D eigenvalue weighted by atomic mass is 16.5. The third-order valence-electron chi connectivity index (χ3n) is 2.76. The number of rotatable bonds is 5. The molecule has 0 radical (unpaired) electrons. The molecule has 1 amide bonds. The number of benzene rings is 1. The molecule has 2 N–H and O–H groups in total. The van der Waals surface area contributed by atoms with Gasteiger partial charge >= 0.3 is 5.97 Å². The first-order valence-corrected chi connectivity index (χ1v) is 6.35. The number of phenolic OH excluding ortho intramolecular Hbond substituents is 1. The molecular weight excluding hydrogens is 274 g/mol. The number of hydrogen-bond acceptors (Lipinski definition) is 5. The molecule has 0 saturated heterocycles. The van der Waals surface area contributed by atoms with Crippen molar-refractivity contribution in [1.29, 1.82) is 0 Å². The molecule has 0 saturated carbocycles. The third-order valence-corrected chi connectivity index (χ3v) is 2.76. The molecule has 6 nitrogen and oxygen atoms in total. The summed E-state index contributed by atoms with van der Waals surface area (Å²) >= 11 is 0. The number of phenols is 1. The van der Waals surface area contributed by atoms with Crippen molar-refractivity contribution in [3.63, 3.8) is 0 Å². The highest BCUT2D eigenvalue weighted by molar-refractivity contribution is 5.91. The van der Waals surface area contributed by atoms with Gasteiger partial charge in [0.2, 0.25) is 0 Å². The fourth-order valence-corrected chi connectivity index (χ4v) is 1.74. The Bertz CT molecular complexity index is 621. The summed E-state index contributed by atoms with van der Waals surface area (Å²) in [6.07, 6.45) is 1.51. The molecule has 0 spiro atoms. The Labute approximate surface area is 121 Å². The second-order valence-electron chi connectivity index (χ2n) is 4.43. The van der Waals surface area contributed by atoms with Crippen molar-refractivity contribution in [2.75, 3.05) is 6.61 Å². The first kappa shape index (κ1) is 14.6. The maximum Gasteiger partial charge on any atom is 0.338 e. The fourth-order valence-electron chi connectivity index (χ4n) is 1.74. The van der Waals surface area contributed by atoms with E-state index in [4.69, 9.17) is 9.15 Å². The van der Waals surface area contributed by atoms with E-state index in [-0.39, 0.29) is 17.4 Å². The molecule has 2 rings (SSSR count). The standard InChI is InChI=1S/C15H15NO5/c1-10(13-6-3-7-20-13)16-14(18)9-21-15(19)11-4-2-5-12(17)8-11/h2-8,10,17H,9H2,1H3,(H,16,18)/t10-/m0/s1. The predicted molar refractivity (Wildman–Crippen MR) is 73.7 cm³/mol. The van der Waals surface area contributed by atoms with Crippen LogP contribution in [-0.4, -0.2) is 23.6 Å². The fraction of sp³-hybridized carbons (Fsp3) is 0.200. The zero-order valence-corrected chi connectivity index (χ0v) is 11.4. The van der Waals surface area contributed by atoms with Crippen molar-refractivity contribution in [3.05, 3.63) is 54.0 Å². The molecule has 1 aromatic heterocycles. The number of aromatic hydroxyl groups is 1. The molecule has 0 bridgehead atoms. The summed E-state index contributed by atoms with van der Waals surface area (Å²) in [4.78, 5) is 23.4. The minimum atomic E-state index is -0.674. The van der Waals surface area contributed by atoms with Gasteiger partial charge in [0.05, 0.1) is 17.9 Å². The Morgan fingerprint density at radius 1 is 1.33 bits per heavy atom. The highest BCUT2D eigenvalue weighted by Gasteiger charge is 2.14. The number of ether oxygens (including phenoxy) is 1. The normalized spacial score (nSPS) is 11.7. The number of nitrogens with one attached hydrogen (secondary N) is 1. The second-order valence-corrected chi connectivity index (χ2v) is 4.43. The molecular formula is C15H15NO5. The Kier molecular flexibility index (Phi) is 4.61. The maximum absolute atomic E-state index is 11.7. The number of amides is 1. The molecule has 1 aromatic carbocycles. The van der Waals surface area contributed by atoms with E-state index in [0.29, 0.717) is 5.76 Å². The van der Waals surface area contributed by atoms with Crippen LogP contribution in [0.4, 0.5) is 0 Å². The van der Waals surface area contributed by atoms with Crippen molar-refractivity contribution < 1.29 is 23.8 Å². The van der Waals surface area contributed by atoms with E-state index >= 15 is 0 Å². The van der Waals surface area contributed by atoms with Crippen LogP contribution in [0.25, 0.3) is 0 Å². The van der Waals surface area contributed by atoms with Crippen LogP contribution >= 0.6 is 0 Å². The summed E-state index contributed by atoms with van der Waals surface area (Å²) in [7, 11) is 0. The van der Waals surface area contributed by atoms with Gasteiger partial charge in [0, 0.05) is 0 Å². The molecule has 0 fully saturated rings. The number of carbonyl (C=O) groups is 2. The van der Waals surface area contributed by atoms with Crippen LogP contribution in [0.3, 0.4) is 0 Å². The summed E-state index contributed by atoms with van der Waals surface area (Å²) in [5.74, 6) is -0.540.